The van der Waals surface area contributed by atoms with E-state index in [0.29, 0.717) is 17.1 Å². The predicted octanol–water partition coefficient (Wildman–Crippen LogP) is 1.51. The molecule has 10 heteroatoms. The van der Waals surface area contributed by atoms with Gasteiger partial charge in [0, 0.05) is 6.54 Å². The van der Waals surface area contributed by atoms with Crippen molar-refractivity contribution in [3.8, 4) is 11.5 Å². The Balaban J connectivity index is 1.88. The molecule has 8 nitrogen and oxygen atoms in total. The Morgan fingerprint density at radius 2 is 2.36 bits per heavy atom. The van der Waals surface area contributed by atoms with Crippen molar-refractivity contribution in [3.63, 3.8) is 0 Å². The number of aromatic nitrogens is 3. The van der Waals surface area contributed by atoms with Gasteiger partial charge in [0.05, 0.1) is 12.3 Å². The summed E-state index contributed by atoms with van der Waals surface area (Å²) >= 11 is 1.37. The van der Waals surface area contributed by atoms with Gasteiger partial charge >= 0.3 is 13.1 Å². The highest BCUT2D eigenvalue weighted by atomic mass is 32.2. The molecule has 132 valence electrons. The van der Waals surface area contributed by atoms with E-state index in [1.54, 1.807) is 18.5 Å². The lowest BCUT2D eigenvalue weighted by molar-refractivity contribution is 0.0690. The maximum atomic E-state index is 11.5. The van der Waals surface area contributed by atoms with E-state index in [1.165, 1.54) is 18.9 Å². The summed E-state index contributed by atoms with van der Waals surface area (Å²) in [7, 11) is 0.238. The van der Waals surface area contributed by atoms with Crippen LogP contribution in [-0.2, 0) is 13.0 Å². The molecule has 0 fully saturated rings. The number of aryl methyl sites for hydroxylation is 1. The quantitative estimate of drug-likeness (QED) is 0.744. The lowest BCUT2D eigenvalue weighted by atomic mass is 9.77. The molecular weight excluding hydrogens is 345 g/mol. The third kappa shape index (κ3) is 3.45. The van der Waals surface area contributed by atoms with Crippen molar-refractivity contribution in [2.24, 2.45) is 0 Å². The lowest BCUT2D eigenvalue weighted by Crippen LogP contribution is -2.41. The number of carboxylic acid groups (broad SMARTS) is 1. The van der Waals surface area contributed by atoms with Gasteiger partial charge in [-0.25, -0.2) is 4.79 Å². The predicted molar refractivity (Wildman–Crippen MR) is 92.2 cm³/mol. The summed E-state index contributed by atoms with van der Waals surface area (Å²) in [6.45, 7) is 2.85. The first-order valence-electron chi connectivity index (χ1n) is 7.87. The van der Waals surface area contributed by atoms with Crippen molar-refractivity contribution in [1.82, 2.24) is 14.8 Å². The fourth-order valence-electron chi connectivity index (χ4n) is 2.76. The first kappa shape index (κ1) is 17.6. The normalized spacial score (nSPS) is 16.3. The monoisotopic (exact) mass is 363 g/mol. The summed E-state index contributed by atoms with van der Waals surface area (Å²) in [5.41, 5.74) is 0.638. The molecule has 0 saturated heterocycles. The molecule has 1 atom stereocenters. The number of methoxy groups -OCH3 is 1. The molecule has 0 spiro atoms. The number of carbonyl (C=O) groups is 1. The first-order chi connectivity index (χ1) is 12.0. The molecule has 0 bridgehead atoms. The van der Waals surface area contributed by atoms with E-state index in [9.17, 15) is 14.9 Å². The summed E-state index contributed by atoms with van der Waals surface area (Å²) < 4.78 is 12.6. The van der Waals surface area contributed by atoms with Gasteiger partial charge in [0.25, 0.3) is 0 Å². The van der Waals surface area contributed by atoms with Crippen LogP contribution in [0.4, 0.5) is 0 Å². The largest absolute Gasteiger partial charge is 0.537 e. The number of carboxylic acids is 1. The van der Waals surface area contributed by atoms with Crippen LogP contribution in [0.1, 0.15) is 29.3 Å². The molecule has 2 aromatic rings. The van der Waals surface area contributed by atoms with Crippen LogP contribution in [0.5, 0.6) is 11.5 Å². The third-order valence-corrected chi connectivity index (χ3v) is 5.14. The van der Waals surface area contributed by atoms with Gasteiger partial charge in [0.1, 0.15) is 23.4 Å². The van der Waals surface area contributed by atoms with Crippen LogP contribution in [0.3, 0.4) is 0 Å². The van der Waals surface area contributed by atoms with Crippen molar-refractivity contribution in [2.45, 2.75) is 36.6 Å². The Labute approximate surface area is 149 Å². The summed E-state index contributed by atoms with van der Waals surface area (Å²) in [6.07, 6.45) is 3.05. The van der Waals surface area contributed by atoms with Crippen LogP contribution >= 0.6 is 11.8 Å². The van der Waals surface area contributed by atoms with Gasteiger partial charge in [-0.1, -0.05) is 24.8 Å². The smallest absolute Gasteiger partial charge is 0.534 e. The maximum Gasteiger partial charge on any atom is 0.537 e. The van der Waals surface area contributed by atoms with Gasteiger partial charge in [0.15, 0.2) is 5.16 Å². The summed E-state index contributed by atoms with van der Waals surface area (Å²) in [5.74, 6) is -0.798. The minimum Gasteiger partial charge on any atom is -0.534 e. The van der Waals surface area contributed by atoms with Crippen LogP contribution < -0.4 is 9.39 Å². The summed E-state index contributed by atoms with van der Waals surface area (Å²) in [4.78, 5) is 11.5. The molecule has 0 unspecified atom stereocenters. The first-order valence-corrected chi connectivity index (χ1v) is 8.75. The van der Waals surface area contributed by atoms with E-state index in [-0.39, 0.29) is 22.2 Å². The minimum atomic E-state index is -1.16. The fourth-order valence-corrected chi connectivity index (χ4v) is 3.83. The molecule has 25 heavy (non-hydrogen) atoms. The molecule has 0 saturated carbocycles. The highest BCUT2D eigenvalue weighted by molar-refractivity contribution is 8.01. The van der Waals surface area contributed by atoms with Crippen LogP contribution in [0, 0.1) is 0 Å². The number of benzene rings is 1. The Kier molecular flexibility index (Phi) is 5.19. The topological polar surface area (TPSA) is 107 Å². The molecule has 0 amide bonds. The number of nitrogens with zero attached hydrogens (tertiary/aromatic N) is 3. The van der Waals surface area contributed by atoms with Crippen LogP contribution in [-0.4, -0.2) is 50.2 Å². The summed E-state index contributed by atoms with van der Waals surface area (Å²) in [6, 6.07) is 3.36. The second-order valence-corrected chi connectivity index (χ2v) is 6.82. The molecule has 1 aliphatic rings. The van der Waals surface area contributed by atoms with Gasteiger partial charge in [-0.05, 0) is 24.5 Å². The van der Waals surface area contributed by atoms with Crippen LogP contribution in [0.2, 0.25) is 0 Å². The molecule has 1 aliphatic heterocycles. The van der Waals surface area contributed by atoms with Gasteiger partial charge < -0.3 is 24.1 Å². The Morgan fingerprint density at radius 1 is 1.56 bits per heavy atom. The molecule has 3 rings (SSSR count). The van der Waals surface area contributed by atoms with Crippen LogP contribution in [0.15, 0.2) is 23.6 Å². The van der Waals surface area contributed by atoms with Crippen molar-refractivity contribution in [2.75, 3.05) is 7.11 Å². The third-order valence-electron chi connectivity index (χ3n) is 3.91. The van der Waals surface area contributed by atoms with E-state index in [2.05, 4.69) is 17.1 Å². The molecule has 2 N–H and O–H groups in total. The van der Waals surface area contributed by atoms with Gasteiger partial charge in [-0.2, -0.15) is 0 Å². The molecule has 0 aliphatic carbocycles. The molecule has 0 radical (unpaired) electrons. The van der Waals surface area contributed by atoms with Gasteiger partial charge in [-0.3, -0.25) is 0 Å². The number of hydrogen-bond acceptors (Lipinski definition) is 7. The zero-order valence-electron chi connectivity index (χ0n) is 13.9. The second kappa shape index (κ2) is 7.36. The lowest BCUT2D eigenvalue weighted by Gasteiger charge is -2.28. The number of rotatable bonds is 6. The molecule has 2 heterocycles. The summed E-state index contributed by atoms with van der Waals surface area (Å²) in [5, 5.41) is 28.2. The highest BCUT2D eigenvalue weighted by Crippen LogP contribution is 2.39. The number of aromatic carboxylic acids is 1. The minimum absolute atomic E-state index is 0.0725. The highest BCUT2D eigenvalue weighted by Gasteiger charge is 2.39. The molecule has 1 aromatic heterocycles. The average molecular weight is 363 g/mol. The van der Waals surface area contributed by atoms with Crippen molar-refractivity contribution in [1.29, 1.82) is 0 Å². The van der Waals surface area contributed by atoms with Crippen molar-refractivity contribution in [3.05, 3.63) is 29.6 Å². The SMILES string of the molecule is CCCn1cnnc1S[C@H]1Cc2ccc(OC)c(C(=O)O)c2OB1O. The van der Waals surface area contributed by atoms with E-state index < -0.39 is 13.1 Å². The maximum absolute atomic E-state index is 11.5. The van der Waals surface area contributed by atoms with Gasteiger partial charge in [-0.15, -0.1) is 10.2 Å². The van der Waals surface area contributed by atoms with Crippen LogP contribution in [0.25, 0.3) is 0 Å². The van der Waals surface area contributed by atoms with E-state index in [1.807, 2.05) is 4.57 Å². The number of fused-ring (bicyclic) bond motifs is 1. The van der Waals surface area contributed by atoms with E-state index in [0.717, 1.165) is 13.0 Å². The molecule has 1 aromatic carbocycles. The zero-order valence-corrected chi connectivity index (χ0v) is 14.7. The Morgan fingerprint density at radius 3 is 3.04 bits per heavy atom. The fraction of sp³-hybridized carbons (Fsp3) is 0.400. The van der Waals surface area contributed by atoms with Crippen molar-refractivity contribution < 1.29 is 24.3 Å². The zero-order chi connectivity index (χ0) is 18.0. The van der Waals surface area contributed by atoms with Crippen molar-refractivity contribution >= 4 is 24.8 Å². The van der Waals surface area contributed by atoms with E-state index in [4.69, 9.17) is 9.39 Å². The van der Waals surface area contributed by atoms with Gasteiger partial charge in [0.2, 0.25) is 0 Å². The standard InChI is InChI=1S/C15H18BN3O5S/c1-3-6-19-8-17-18-15(19)25-11-7-9-4-5-10(23-2)12(14(20)21)13(9)24-16(11)22/h4-5,8,11,22H,3,6-7H2,1-2H3,(H,20,21)/t11-/m0/s1. The number of thioether (sulfide) groups is 1. The Hall–Kier alpha value is -2.20. The number of hydrogen-bond donors (Lipinski definition) is 2. The second-order valence-electron chi connectivity index (χ2n) is 5.61. The average Bonchev–Trinajstić information content (AvgIpc) is 3.01. The number of ether oxygens (including phenoxy) is 1. The molecular formula is C15H18BN3O5S. The Bertz CT molecular complexity index is 785. The van der Waals surface area contributed by atoms with E-state index >= 15 is 0 Å².